The molecule has 8 heteroatoms. The van der Waals surface area contributed by atoms with Gasteiger partial charge in [-0.1, -0.05) is 71.1 Å². The molecule has 1 fully saturated rings. The fraction of sp³-hybridized carbons (Fsp3) is 0.774. The number of ether oxygens (including phenoxy) is 1. The third kappa shape index (κ3) is 10.3. The van der Waals surface area contributed by atoms with E-state index >= 15 is 0 Å². The standard InChI is InChI=1S/C31H55N3O4S/c1-7-9-10-11-12-13-14-15-16-17-18-19-29(35)34-30(3,4)23-25(24-31(34,5)6)33-39(36,37)26-20-21-28(38-8-2)27(32)22-26/h20-22,25,33H,7-19,23-24,32H2,1-6H3. The topological polar surface area (TPSA) is 102 Å². The Morgan fingerprint density at radius 2 is 1.44 bits per heavy atom. The van der Waals surface area contributed by atoms with Gasteiger partial charge in [-0.25, -0.2) is 13.1 Å². The lowest BCUT2D eigenvalue weighted by Gasteiger charge is -2.55. The molecule has 0 unspecified atom stereocenters. The minimum Gasteiger partial charge on any atom is -0.492 e. The van der Waals surface area contributed by atoms with Gasteiger partial charge in [0.1, 0.15) is 5.75 Å². The van der Waals surface area contributed by atoms with Crippen molar-refractivity contribution < 1.29 is 17.9 Å². The molecule has 0 saturated carbocycles. The van der Waals surface area contributed by atoms with Crippen LogP contribution in [0.1, 0.15) is 131 Å². The van der Waals surface area contributed by atoms with E-state index in [2.05, 4.69) is 11.6 Å². The third-order valence-corrected chi connectivity index (χ3v) is 9.38. The summed E-state index contributed by atoms with van der Waals surface area (Å²) < 4.78 is 34.7. The number of amides is 1. The molecular weight excluding hydrogens is 510 g/mol. The lowest BCUT2D eigenvalue weighted by atomic mass is 9.77. The minimum atomic E-state index is -3.77. The summed E-state index contributed by atoms with van der Waals surface area (Å²) in [6, 6.07) is 4.26. The van der Waals surface area contributed by atoms with Crippen molar-refractivity contribution in [2.75, 3.05) is 12.3 Å². The van der Waals surface area contributed by atoms with E-state index < -0.39 is 21.1 Å². The second-order valence-electron chi connectivity index (χ2n) is 12.5. The Balaban J connectivity index is 1.87. The largest absolute Gasteiger partial charge is 0.492 e. The summed E-state index contributed by atoms with van der Waals surface area (Å²) in [4.78, 5) is 15.5. The van der Waals surface area contributed by atoms with Crippen LogP contribution in [0.25, 0.3) is 0 Å². The number of carbonyl (C=O) groups is 1. The maximum atomic E-state index is 13.4. The van der Waals surface area contributed by atoms with Gasteiger partial charge in [-0.05, 0) is 72.1 Å². The number of benzene rings is 1. The maximum Gasteiger partial charge on any atom is 0.240 e. The molecule has 39 heavy (non-hydrogen) atoms. The first-order chi connectivity index (χ1) is 18.3. The quantitative estimate of drug-likeness (QED) is 0.154. The number of nitrogen functional groups attached to an aromatic ring is 1. The third-order valence-electron chi connectivity index (χ3n) is 7.86. The number of rotatable bonds is 17. The number of sulfonamides is 1. The van der Waals surface area contributed by atoms with Gasteiger partial charge in [0.25, 0.3) is 0 Å². The van der Waals surface area contributed by atoms with Crippen LogP contribution in [0.5, 0.6) is 5.75 Å². The second-order valence-corrected chi connectivity index (χ2v) is 14.2. The van der Waals surface area contributed by atoms with Gasteiger partial charge in [0, 0.05) is 23.5 Å². The van der Waals surface area contributed by atoms with Gasteiger partial charge >= 0.3 is 0 Å². The number of nitrogens with one attached hydrogen (secondary N) is 1. The Morgan fingerprint density at radius 3 is 1.92 bits per heavy atom. The van der Waals surface area contributed by atoms with Crippen LogP contribution in [0.3, 0.4) is 0 Å². The summed E-state index contributed by atoms with van der Waals surface area (Å²) in [5.41, 5.74) is 5.37. The van der Waals surface area contributed by atoms with Crippen LogP contribution in [-0.4, -0.2) is 43.0 Å². The molecule has 7 nitrogen and oxygen atoms in total. The SMILES string of the molecule is CCCCCCCCCCCCCC(=O)N1C(C)(C)CC(NS(=O)(=O)c2ccc(OCC)c(N)c2)CC1(C)C. The average Bonchev–Trinajstić information content (AvgIpc) is 2.82. The van der Waals surface area contributed by atoms with E-state index in [1.54, 1.807) is 6.07 Å². The molecule has 1 aliphatic heterocycles. The summed E-state index contributed by atoms with van der Waals surface area (Å²) in [7, 11) is -3.77. The summed E-state index contributed by atoms with van der Waals surface area (Å²) >= 11 is 0. The number of likely N-dealkylation sites (tertiary alicyclic amines) is 1. The Morgan fingerprint density at radius 1 is 0.923 bits per heavy atom. The Kier molecular flexibility index (Phi) is 13.1. The normalized spacial score (nSPS) is 17.3. The molecular formula is C31H55N3O4S. The van der Waals surface area contributed by atoms with E-state index in [-0.39, 0.29) is 16.8 Å². The number of piperidine rings is 1. The summed E-state index contributed by atoms with van der Waals surface area (Å²) in [6.07, 6.45) is 15.4. The van der Waals surface area contributed by atoms with E-state index in [4.69, 9.17) is 10.5 Å². The Bertz CT molecular complexity index is 989. The molecule has 1 aromatic rings. The van der Waals surface area contributed by atoms with E-state index in [0.29, 0.717) is 37.3 Å². The van der Waals surface area contributed by atoms with Crippen LogP contribution in [0.15, 0.2) is 23.1 Å². The van der Waals surface area contributed by atoms with Crippen molar-refractivity contribution in [2.24, 2.45) is 0 Å². The lowest BCUT2D eigenvalue weighted by molar-refractivity contribution is -0.150. The van der Waals surface area contributed by atoms with E-state index in [1.165, 1.54) is 69.9 Å². The Hall–Kier alpha value is -1.80. The highest BCUT2D eigenvalue weighted by Gasteiger charge is 2.48. The van der Waals surface area contributed by atoms with Crippen LogP contribution < -0.4 is 15.2 Å². The molecule has 224 valence electrons. The number of anilines is 1. The molecule has 0 radical (unpaired) electrons. The fourth-order valence-corrected chi connectivity index (χ4v) is 7.63. The second kappa shape index (κ2) is 15.3. The zero-order valence-electron chi connectivity index (χ0n) is 25.5. The van der Waals surface area contributed by atoms with Crippen LogP contribution >= 0.6 is 0 Å². The number of carbonyl (C=O) groups excluding carboxylic acids is 1. The highest BCUT2D eigenvalue weighted by molar-refractivity contribution is 7.89. The lowest BCUT2D eigenvalue weighted by Crippen LogP contribution is -2.66. The molecule has 0 spiro atoms. The minimum absolute atomic E-state index is 0.120. The maximum absolute atomic E-state index is 13.4. The molecule has 0 bridgehead atoms. The van der Waals surface area contributed by atoms with Crippen molar-refractivity contribution >= 4 is 21.6 Å². The first kappa shape index (κ1) is 33.4. The molecule has 3 N–H and O–H groups in total. The van der Waals surface area contributed by atoms with Gasteiger partial charge in [-0.3, -0.25) is 4.79 Å². The molecule has 1 saturated heterocycles. The Labute approximate surface area is 238 Å². The van der Waals surface area contributed by atoms with Gasteiger partial charge in [0.2, 0.25) is 15.9 Å². The van der Waals surface area contributed by atoms with Crippen LogP contribution in [0.4, 0.5) is 5.69 Å². The number of nitrogens with two attached hydrogens (primary N) is 1. The predicted octanol–water partition coefficient (Wildman–Crippen LogP) is 7.20. The van der Waals surface area contributed by atoms with E-state index in [1.807, 2.05) is 39.5 Å². The van der Waals surface area contributed by atoms with Gasteiger partial charge in [-0.15, -0.1) is 0 Å². The van der Waals surface area contributed by atoms with Gasteiger partial charge < -0.3 is 15.4 Å². The number of hydrogen-bond acceptors (Lipinski definition) is 5. The van der Waals surface area contributed by atoms with Gasteiger partial charge in [0.15, 0.2) is 0 Å². The first-order valence-electron chi connectivity index (χ1n) is 15.2. The predicted molar refractivity (Wildman–Crippen MR) is 161 cm³/mol. The van der Waals surface area contributed by atoms with Gasteiger partial charge in [-0.2, -0.15) is 0 Å². The number of nitrogens with zero attached hydrogens (tertiary/aromatic N) is 1. The van der Waals surface area contributed by atoms with Crippen molar-refractivity contribution in [3.05, 3.63) is 18.2 Å². The molecule has 1 aliphatic rings. The molecule has 1 heterocycles. The highest BCUT2D eigenvalue weighted by atomic mass is 32.2. The monoisotopic (exact) mass is 565 g/mol. The van der Waals surface area contributed by atoms with Crippen LogP contribution in [0, 0.1) is 0 Å². The van der Waals surface area contributed by atoms with Crippen molar-refractivity contribution in [3.8, 4) is 5.75 Å². The molecule has 0 aromatic heterocycles. The van der Waals surface area contributed by atoms with Crippen molar-refractivity contribution in [3.63, 3.8) is 0 Å². The molecule has 0 atom stereocenters. The fourth-order valence-electron chi connectivity index (χ4n) is 6.36. The number of hydrogen-bond donors (Lipinski definition) is 2. The van der Waals surface area contributed by atoms with Crippen molar-refractivity contribution in [2.45, 2.75) is 153 Å². The average molecular weight is 566 g/mol. The molecule has 0 aliphatic carbocycles. The number of unbranched alkanes of at least 4 members (excludes halogenated alkanes) is 10. The van der Waals surface area contributed by atoms with E-state index in [9.17, 15) is 13.2 Å². The zero-order chi connectivity index (χ0) is 29.1. The summed E-state index contributed by atoms with van der Waals surface area (Å²) in [6.45, 7) is 12.7. The molecule has 1 amide bonds. The van der Waals surface area contributed by atoms with Crippen molar-refractivity contribution in [1.29, 1.82) is 0 Å². The highest BCUT2D eigenvalue weighted by Crippen LogP contribution is 2.40. The van der Waals surface area contributed by atoms with Crippen LogP contribution in [0.2, 0.25) is 0 Å². The summed E-state index contributed by atoms with van der Waals surface area (Å²) in [5.74, 6) is 0.643. The first-order valence-corrected chi connectivity index (χ1v) is 16.7. The molecule has 1 aromatic carbocycles. The van der Waals surface area contributed by atoms with Gasteiger partial charge in [0.05, 0.1) is 17.2 Å². The molecule has 2 rings (SSSR count). The summed E-state index contributed by atoms with van der Waals surface area (Å²) in [5, 5.41) is 0. The zero-order valence-corrected chi connectivity index (χ0v) is 26.3. The smallest absolute Gasteiger partial charge is 0.240 e. The van der Waals surface area contributed by atoms with Crippen molar-refractivity contribution in [1.82, 2.24) is 9.62 Å². The van der Waals surface area contributed by atoms with Crippen LogP contribution in [-0.2, 0) is 14.8 Å². The van der Waals surface area contributed by atoms with E-state index in [0.717, 1.165) is 12.8 Å².